The molecule has 0 aliphatic rings. The summed E-state index contributed by atoms with van der Waals surface area (Å²) in [5.41, 5.74) is 1.28. The number of hydrogen-bond donors (Lipinski definition) is 2. The quantitative estimate of drug-likeness (QED) is 0.854. The molecule has 0 saturated carbocycles. The first kappa shape index (κ1) is 15.0. The third-order valence-corrected chi connectivity index (χ3v) is 2.99. The number of benzene rings is 2. The van der Waals surface area contributed by atoms with Gasteiger partial charge in [-0.25, -0.2) is 4.39 Å². The third kappa shape index (κ3) is 3.78. The summed E-state index contributed by atoms with van der Waals surface area (Å²) in [6, 6.07) is 9.29. The Hall–Kier alpha value is -2.43. The molecule has 0 aliphatic carbocycles. The number of anilines is 1. The lowest BCUT2D eigenvalue weighted by Crippen LogP contribution is -2.01. The Balaban J connectivity index is 2.11. The number of hydrogen-bond acceptors (Lipinski definition) is 4. The van der Waals surface area contributed by atoms with Crippen molar-refractivity contribution in [2.24, 2.45) is 0 Å². The van der Waals surface area contributed by atoms with E-state index in [4.69, 9.17) is 9.47 Å². The number of rotatable bonds is 6. The minimum absolute atomic E-state index is 0.0572. The fourth-order valence-corrected chi connectivity index (χ4v) is 1.95. The van der Waals surface area contributed by atoms with E-state index in [1.807, 2.05) is 13.0 Å². The molecule has 2 rings (SSSR count). The van der Waals surface area contributed by atoms with Crippen LogP contribution >= 0.6 is 0 Å². The number of aromatic hydroxyl groups is 1. The van der Waals surface area contributed by atoms with Crippen molar-refractivity contribution in [3.8, 4) is 17.2 Å². The van der Waals surface area contributed by atoms with Crippen LogP contribution in [-0.2, 0) is 6.54 Å². The Morgan fingerprint density at radius 1 is 1.14 bits per heavy atom. The van der Waals surface area contributed by atoms with E-state index < -0.39 is 0 Å². The molecule has 2 aromatic rings. The Morgan fingerprint density at radius 2 is 1.95 bits per heavy atom. The average Bonchev–Trinajstić information content (AvgIpc) is 2.49. The van der Waals surface area contributed by atoms with E-state index in [-0.39, 0.29) is 11.6 Å². The minimum Gasteiger partial charge on any atom is -0.508 e. The summed E-state index contributed by atoms with van der Waals surface area (Å²) in [4.78, 5) is 0. The van der Waals surface area contributed by atoms with E-state index in [0.29, 0.717) is 30.2 Å². The molecular weight excluding hydrogens is 273 g/mol. The highest BCUT2D eigenvalue weighted by molar-refractivity contribution is 5.55. The van der Waals surface area contributed by atoms with Crippen molar-refractivity contribution in [1.29, 1.82) is 0 Å². The number of halogens is 1. The van der Waals surface area contributed by atoms with Crippen molar-refractivity contribution in [3.05, 3.63) is 47.8 Å². The molecule has 0 saturated heterocycles. The molecule has 0 atom stereocenters. The smallest absolute Gasteiger partial charge is 0.162 e. The zero-order chi connectivity index (χ0) is 15.2. The molecule has 4 nitrogen and oxygen atoms in total. The fourth-order valence-electron chi connectivity index (χ4n) is 1.95. The average molecular weight is 291 g/mol. The van der Waals surface area contributed by atoms with Gasteiger partial charge in [-0.2, -0.15) is 0 Å². The van der Waals surface area contributed by atoms with Gasteiger partial charge in [-0.3, -0.25) is 0 Å². The van der Waals surface area contributed by atoms with Gasteiger partial charge in [-0.05, 0) is 37.3 Å². The minimum atomic E-state index is -0.381. The van der Waals surface area contributed by atoms with E-state index in [2.05, 4.69) is 5.32 Å². The van der Waals surface area contributed by atoms with Crippen LogP contribution in [0, 0.1) is 5.82 Å². The summed E-state index contributed by atoms with van der Waals surface area (Å²) in [5, 5.41) is 12.8. The van der Waals surface area contributed by atoms with Gasteiger partial charge in [0.2, 0.25) is 0 Å². The van der Waals surface area contributed by atoms with Crippen LogP contribution in [0.15, 0.2) is 36.4 Å². The number of phenols is 1. The lowest BCUT2D eigenvalue weighted by molar-refractivity contribution is 0.311. The Kier molecular flexibility index (Phi) is 4.87. The maximum atomic E-state index is 13.2. The SMILES string of the molecule is CCOc1ccc(NCc2cc(F)ccc2O)cc1OC. The zero-order valence-electron chi connectivity index (χ0n) is 12.0. The number of phenolic OH excluding ortho intramolecular Hbond substituents is 1. The summed E-state index contributed by atoms with van der Waals surface area (Å²) in [7, 11) is 1.57. The van der Waals surface area contributed by atoms with E-state index in [1.165, 1.54) is 18.2 Å². The number of nitrogens with one attached hydrogen (secondary N) is 1. The van der Waals surface area contributed by atoms with E-state index >= 15 is 0 Å². The van der Waals surface area contributed by atoms with Gasteiger partial charge in [0.15, 0.2) is 11.5 Å². The van der Waals surface area contributed by atoms with Crippen LogP contribution in [0.5, 0.6) is 17.2 Å². The molecule has 5 heteroatoms. The maximum Gasteiger partial charge on any atom is 0.162 e. The van der Waals surface area contributed by atoms with Gasteiger partial charge in [0.05, 0.1) is 13.7 Å². The van der Waals surface area contributed by atoms with Gasteiger partial charge in [0, 0.05) is 23.9 Å². The molecule has 0 bridgehead atoms. The van der Waals surface area contributed by atoms with Crippen molar-refractivity contribution in [3.63, 3.8) is 0 Å². The van der Waals surface area contributed by atoms with Gasteiger partial charge in [0.1, 0.15) is 11.6 Å². The molecule has 0 amide bonds. The second kappa shape index (κ2) is 6.83. The largest absolute Gasteiger partial charge is 0.508 e. The number of ether oxygens (including phenoxy) is 2. The van der Waals surface area contributed by atoms with E-state index in [0.717, 1.165) is 5.69 Å². The summed E-state index contributed by atoms with van der Waals surface area (Å²) in [6.07, 6.45) is 0. The second-order valence-corrected chi connectivity index (χ2v) is 4.43. The van der Waals surface area contributed by atoms with Gasteiger partial charge in [-0.1, -0.05) is 0 Å². The van der Waals surface area contributed by atoms with Crippen molar-refractivity contribution in [1.82, 2.24) is 0 Å². The number of methoxy groups -OCH3 is 1. The topological polar surface area (TPSA) is 50.7 Å². The lowest BCUT2D eigenvalue weighted by atomic mass is 10.2. The Bertz CT molecular complexity index is 616. The van der Waals surface area contributed by atoms with Crippen molar-refractivity contribution in [2.45, 2.75) is 13.5 Å². The molecule has 0 heterocycles. The molecule has 0 spiro atoms. The normalized spacial score (nSPS) is 10.2. The zero-order valence-corrected chi connectivity index (χ0v) is 12.0. The molecule has 112 valence electrons. The first-order chi connectivity index (χ1) is 10.1. The first-order valence-corrected chi connectivity index (χ1v) is 6.66. The molecule has 0 aromatic heterocycles. The molecule has 2 N–H and O–H groups in total. The van der Waals surface area contributed by atoms with Crippen molar-refractivity contribution in [2.75, 3.05) is 19.0 Å². The predicted molar refractivity (Wildman–Crippen MR) is 79.6 cm³/mol. The molecule has 21 heavy (non-hydrogen) atoms. The molecule has 0 fully saturated rings. The first-order valence-electron chi connectivity index (χ1n) is 6.66. The monoisotopic (exact) mass is 291 g/mol. The summed E-state index contributed by atoms with van der Waals surface area (Å²) < 4.78 is 23.9. The van der Waals surface area contributed by atoms with Crippen LogP contribution < -0.4 is 14.8 Å². The van der Waals surface area contributed by atoms with Crippen molar-refractivity contribution >= 4 is 5.69 Å². The highest BCUT2D eigenvalue weighted by Gasteiger charge is 2.07. The Labute approximate surface area is 123 Å². The maximum absolute atomic E-state index is 13.2. The highest BCUT2D eigenvalue weighted by Crippen LogP contribution is 2.30. The Morgan fingerprint density at radius 3 is 2.67 bits per heavy atom. The van der Waals surface area contributed by atoms with Gasteiger partial charge >= 0.3 is 0 Å². The van der Waals surface area contributed by atoms with Gasteiger partial charge in [-0.15, -0.1) is 0 Å². The summed E-state index contributed by atoms with van der Waals surface area (Å²) in [6.45, 7) is 2.76. The van der Waals surface area contributed by atoms with E-state index in [9.17, 15) is 9.50 Å². The fraction of sp³-hybridized carbons (Fsp3) is 0.250. The summed E-state index contributed by atoms with van der Waals surface area (Å²) in [5.74, 6) is 0.958. The molecule has 2 aromatic carbocycles. The van der Waals surface area contributed by atoms with Crippen LogP contribution in [0.25, 0.3) is 0 Å². The van der Waals surface area contributed by atoms with Crippen molar-refractivity contribution < 1.29 is 19.0 Å². The molecule has 0 aliphatic heterocycles. The standard InChI is InChI=1S/C16H18FNO3/c1-3-21-15-7-5-13(9-16(15)20-2)18-10-11-8-12(17)4-6-14(11)19/h4-9,18-19H,3,10H2,1-2H3. The lowest BCUT2D eigenvalue weighted by Gasteiger charge is -2.13. The van der Waals surface area contributed by atoms with Crippen LogP contribution in [0.4, 0.5) is 10.1 Å². The van der Waals surface area contributed by atoms with Gasteiger partial charge < -0.3 is 19.9 Å². The third-order valence-electron chi connectivity index (χ3n) is 2.99. The molecular formula is C16H18FNO3. The van der Waals surface area contributed by atoms with Crippen LogP contribution in [0.3, 0.4) is 0 Å². The van der Waals surface area contributed by atoms with Crippen LogP contribution in [0.1, 0.15) is 12.5 Å². The highest BCUT2D eigenvalue weighted by atomic mass is 19.1. The second-order valence-electron chi connectivity index (χ2n) is 4.43. The van der Waals surface area contributed by atoms with E-state index in [1.54, 1.807) is 19.2 Å². The predicted octanol–water partition coefficient (Wildman–Crippen LogP) is 3.55. The summed E-state index contributed by atoms with van der Waals surface area (Å²) >= 11 is 0. The van der Waals surface area contributed by atoms with Gasteiger partial charge in [0.25, 0.3) is 0 Å². The van der Waals surface area contributed by atoms with Crippen LogP contribution in [-0.4, -0.2) is 18.8 Å². The molecule has 0 unspecified atom stereocenters. The molecule has 0 radical (unpaired) electrons. The van der Waals surface area contributed by atoms with Crippen LogP contribution in [0.2, 0.25) is 0 Å².